The number of nitrogens with one attached hydrogen (secondary N) is 2. The molecule has 3 atom stereocenters. The molecule has 3 nitrogen and oxygen atoms in total. The predicted octanol–water partition coefficient (Wildman–Crippen LogP) is 3.76. The fraction of sp³-hybridized carbons (Fsp3) is 0.333. The molecule has 2 bridgehead atoms. The van der Waals surface area contributed by atoms with Crippen molar-refractivity contribution in [3.8, 4) is 0 Å². The van der Waals surface area contributed by atoms with E-state index in [1.807, 2.05) is 0 Å². The average molecular weight is 340 g/mol. The normalized spacial score (nSPS) is 26.5. The number of thiocarbonyl (C=S) groups is 1. The van der Waals surface area contributed by atoms with Crippen LogP contribution in [0.4, 0.5) is 0 Å². The minimum absolute atomic E-state index is 0.416. The van der Waals surface area contributed by atoms with Gasteiger partial charge in [0.1, 0.15) is 0 Å². The molecule has 1 aromatic carbocycles. The molecule has 0 amide bonds. The van der Waals surface area contributed by atoms with E-state index in [-0.39, 0.29) is 0 Å². The summed E-state index contributed by atoms with van der Waals surface area (Å²) in [5, 5.41) is 9.07. The van der Waals surface area contributed by atoms with Crippen LogP contribution in [-0.4, -0.2) is 17.4 Å². The lowest BCUT2D eigenvalue weighted by Gasteiger charge is -2.20. The number of hydrazone groups is 1. The molecule has 3 unspecified atom stereocenters. The Balaban J connectivity index is 1.54. The smallest absolute Gasteiger partial charge is 0.187 e. The molecule has 0 saturated heterocycles. The lowest BCUT2D eigenvalue weighted by atomic mass is 10.0. The minimum Gasteiger partial charge on any atom is -0.358 e. The summed E-state index contributed by atoms with van der Waals surface area (Å²) < 4.78 is 0. The highest BCUT2D eigenvalue weighted by atomic mass is 35.5. The van der Waals surface area contributed by atoms with Crippen molar-refractivity contribution < 1.29 is 0 Å². The molecule has 110 valence electrons. The van der Waals surface area contributed by atoms with E-state index in [0.29, 0.717) is 38.6 Å². The van der Waals surface area contributed by atoms with Crippen LogP contribution in [0.2, 0.25) is 10.0 Å². The molecule has 0 aromatic heterocycles. The van der Waals surface area contributed by atoms with Gasteiger partial charge in [-0.2, -0.15) is 5.10 Å². The van der Waals surface area contributed by atoms with Crippen LogP contribution >= 0.6 is 35.4 Å². The maximum Gasteiger partial charge on any atom is 0.187 e. The van der Waals surface area contributed by atoms with Crippen LogP contribution in [-0.2, 0) is 0 Å². The standard InChI is InChI=1S/C15H15Cl2N3S/c16-12-2-1-3-13(17)11(12)8-18-20-15(21)19-14-7-9-4-5-10(14)6-9/h1-5,8-10,14H,6-7H2,(H2,19,20,21). The molecular weight excluding hydrogens is 325 g/mol. The van der Waals surface area contributed by atoms with Crippen LogP contribution in [0.25, 0.3) is 0 Å². The van der Waals surface area contributed by atoms with E-state index < -0.39 is 0 Å². The summed E-state index contributed by atoms with van der Waals surface area (Å²) >= 11 is 17.4. The number of hydrogen-bond donors (Lipinski definition) is 2. The Morgan fingerprint density at radius 1 is 1.24 bits per heavy atom. The van der Waals surface area contributed by atoms with Crippen LogP contribution in [0, 0.1) is 11.8 Å². The third kappa shape index (κ3) is 3.39. The zero-order valence-corrected chi connectivity index (χ0v) is 13.6. The summed E-state index contributed by atoms with van der Waals surface area (Å²) in [5.74, 6) is 1.30. The third-order valence-electron chi connectivity index (χ3n) is 3.95. The fourth-order valence-corrected chi connectivity index (χ4v) is 3.64. The Morgan fingerprint density at radius 3 is 2.62 bits per heavy atom. The molecule has 0 heterocycles. The van der Waals surface area contributed by atoms with Gasteiger partial charge in [0.05, 0.1) is 16.3 Å². The first kappa shape index (κ1) is 14.8. The zero-order valence-electron chi connectivity index (χ0n) is 11.2. The minimum atomic E-state index is 0.416. The quantitative estimate of drug-likeness (QED) is 0.381. The van der Waals surface area contributed by atoms with Crippen molar-refractivity contribution in [2.45, 2.75) is 18.9 Å². The monoisotopic (exact) mass is 339 g/mol. The Hall–Kier alpha value is -1.10. The first-order valence-electron chi connectivity index (χ1n) is 6.85. The zero-order chi connectivity index (χ0) is 14.8. The van der Waals surface area contributed by atoms with Crippen LogP contribution in [0.1, 0.15) is 18.4 Å². The molecule has 2 aliphatic carbocycles. The van der Waals surface area contributed by atoms with Gasteiger partial charge < -0.3 is 5.32 Å². The summed E-state index contributed by atoms with van der Waals surface area (Å²) in [5.41, 5.74) is 3.50. The Labute approximate surface area is 139 Å². The molecule has 21 heavy (non-hydrogen) atoms. The molecule has 2 N–H and O–H groups in total. The molecule has 0 aliphatic heterocycles. The molecular formula is C15H15Cl2N3S. The molecule has 1 fully saturated rings. The molecule has 1 saturated carbocycles. The lowest BCUT2D eigenvalue weighted by Crippen LogP contribution is -2.42. The van der Waals surface area contributed by atoms with Crippen molar-refractivity contribution in [3.05, 3.63) is 46.0 Å². The Bertz CT molecular complexity index is 595. The molecule has 0 radical (unpaired) electrons. The molecule has 2 aliphatic rings. The second kappa shape index (κ2) is 6.34. The van der Waals surface area contributed by atoms with Crippen LogP contribution in [0.15, 0.2) is 35.5 Å². The van der Waals surface area contributed by atoms with Gasteiger partial charge in [-0.25, -0.2) is 0 Å². The van der Waals surface area contributed by atoms with Crippen molar-refractivity contribution in [1.29, 1.82) is 0 Å². The highest BCUT2D eigenvalue weighted by molar-refractivity contribution is 7.80. The van der Waals surface area contributed by atoms with E-state index in [9.17, 15) is 0 Å². The summed E-state index contributed by atoms with van der Waals surface area (Å²) in [6.45, 7) is 0. The molecule has 6 heteroatoms. The maximum atomic E-state index is 6.07. The van der Waals surface area contributed by atoms with Crippen molar-refractivity contribution in [3.63, 3.8) is 0 Å². The topological polar surface area (TPSA) is 36.4 Å². The van der Waals surface area contributed by atoms with E-state index in [1.165, 1.54) is 6.42 Å². The summed E-state index contributed by atoms with van der Waals surface area (Å²) in [7, 11) is 0. The number of halogens is 2. The molecule has 1 aromatic rings. The van der Waals surface area contributed by atoms with Gasteiger partial charge in [-0.1, -0.05) is 41.4 Å². The van der Waals surface area contributed by atoms with Gasteiger partial charge >= 0.3 is 0 Å². The number of rotatable bonds is 3. The van der Waals surface area contributed by atoms with Crippen molar-refractivity contribution >= 4 is 46.7 Å². The lowest BCUT2D eigenvalue weighted by molar-refractivity contribution is 0.521. The number of fused-ring (bicyclic) bond motifs is 2. The number of allylic oxidation sites excluding steroid dienone is 1. The van der Waals surface area contributed by atoms with Gasteiger partial charge in [0.15, 0.2) is 5.11 Å². The largest absolute Gasteiger partial charge is 0.358 e. The highest BCUT2D eigenvalue weighted by Crippen LogP contribution is 2.38. The van der Waals surface area contributed by atoms with Crippen molar-refractivity contribution in [2.75, 3.05) is 0 Å². The average Bonchev–Trinajstić information content (AvgIpc) is 3.04. The van der Waals surface area contributed by atoms with Crippen LogP contribution in [0.5, 0.6) is 0 Å². The van der Waals surface area contributed by atoms with Gasteiger partial charge in [0, 0.05) is 11.6 Å². The van der Waals surface area contributed by atoms with Gasteiger partial charge in [0.25, 0.3) is 0 Å². The van der Waals surface area contributed by atoms with Gasteiger partial charge in [-0.15, -0.1) is 0 Å². The number of nitrogens with zero attached hydrogens (tertiary/aromatic N) is 1. The predicted molar refractivity (Wildman–Crippen MR) is 92.1 cm³/mol. The molecule has 0 spiro atoms. The summed E-state index contributed by atoms with van der Waals surface area (Å²) in [4.78, 5) is 0. The third-order valence-corrected chi connectivity index (χ3v) is 4.82. The summed E-state index contributed by atoms with van der Waals surface area (Å²) in [6, 6.07) is 5.75. The maximum absolute atomic E-state index is 6.07. The van der Waals surface area contributed by atoms with E-state index in [4.69, 9.17) is 35.4 Å². The van der Waals surface area contributed by atoms with E-state index in [2.05, 4.69) is 28.0 Å². The van der Waals surface area contributed by atoms with Crippen molar-refractivity contribution in [1.82, 2.24) is 10.7 Å². The van der Waals surface area contributed by atoms with E-state index in [0.717, 1.165) is 6.42 Å². The SMILES string of the molecule is S=C(NN=Cc1c(Cl)cccc1Cl)NC1CC2C=CC1C2. The highest BCUT2D eigenvalue weighted by Gasteiger charge is 2.35. The van der Waals surface area contributed by atoms with E-state index >= 15 is 0 Å². The van der Waals surface area contributed by atoms with Crippen molar-refractivity contribution in [2.24, 2.45) is 16.9 Å². The number of hydrogen-bond acceptors (Lipinski definition) is 2. The van der Waals surface area contributed by atoms with Crippen LogP contribution in [0.3, 0.4) is 0 Å². The Morgan fingerprint density at radius 2 is 2.00 bits per heavy atom. The molecule has 3 rings (SSSR count). The van der Waals surface area contributed by atoms with Gasteiger partial charge in [-0.05, 0) is 49.0 Å². The number of benzene rings is 1. The first-order chi connectivity index (χ1) is 10.1. The van der Waals surface area contributed by atoms with Gasteiger partial charge in [-0.3, -0.25) is 5.43 Å². The summed E-state index contributed by atoms with van der Waals surface area (Å²) in [6.07, 6.45) is 8.54. The van der Waals surface area contributed by atoms with E-state index in [1.54, 1.807) is 24.4 Å². The first-order valence-corrected chi connectivity index (χ1v) is 8.02. The second-order valence-corrected chi connectivity index (χ2v) is 6.59. The fourth-order valence-electron chi connectivity index (χ4n) is 2.94. The second-order valence-electron chi connectivity index (χ2n) is 5.37. The van der Waals surface area contributed by atoms with Gasteiger partial charge in [0.2, 0.25) is 0 Å². The Kier molecular flexibility index (Phi) is 4.48. The van der Waals surface area contributed by atoms with Crippen LogP contribution < -0.4 is 10.7 Å².